The molecule has 11 heteroatoms. The number of hydrogen-bond acceptors (Lipinski definition) is 10. The second-order valence-electron chi connectivity index (χ2n) is 7.44. The molecule has 1 aromatic carbocycles. The fraction of sp³-hybridized carbons (Fsp3) is 0.522. The van der Waals surface area contributed by atoms with Gasteiger partial charge in [0.1, 0.15) is 12.2 Å². The minimum atomic E-state index is -1.27. The largest absolute Gasteiger partial charge is 0.493 e. The van der Waals surface area contributed by atoms with Gasteiger partial charge < -0.3 is 33.5 Å². The minimum absolute atomic E-state index is 0.157. The van der Waals surface area contributed by atoms with Gasteiger partial charge in [-0.25, -0.2) is 4.79 Å². The van der Waals surface area contributed by atoms with E-state index in [1.165, 1.54) is 34.1 Å². The standard InChI is InChI=1S/C23H29BrO10/c1-6-7-16-20(31-12(2)26)22(32-13(3)27)21(19(11-25)33-16)34-23(28)15-9-18(30-5)17(29-4)8-14(15)10-24/h6,8-9,16,19-22,25H,1,7,10-11H2,2-5H3/t16-,19-,20+,21-,22-/m1/s1. The van der Waals surface area contributed by atoms with E-state index in [1.54, 1.807) is 12.1 Å². The van der Waals surface area contributed by atoms with Crippen molar-refractivity contribution in [2.45, 2.75) is 56.1 Å². The molecule has 1 aliphatic heterocycles. The van der Waals surface area contributed by atoms with Crippen molar-refractivity contribution in [1.29, 1.82) is 0 Å². The minimum Gasteiger partial charge on any atom is -0.493 e. The van der Waals surface area contributed by atoms with Gasteiger partial charge in [0.2, 0.25) is 0 Å². The zero-order valence-corrected chi connectivity index (χ0v) is 21.0. The second-order valence-corrected chi connectivity index (χ2v) is 8.00. The Morgan fingerprint density at radius 3 is 2.06 bits per heavy atom. The quantitative estimate of drug-likeness (QED) is 0.203. The molecule has 2 rings (SSSR count). The fourth-order valence-electron chi connectivity index (χ4n) is 3.70. The van der Waals surface area contributed by atoms with E-state index < -0.39 is 55.0 Å². The van der Waals surface area contributed by atoms with Crippen LogP contribution in [0.4, 0.5) is 0 Å². The van der Waals surface area contributed by atoms with Gasteiger partial charge in [-0.3, -0.25) is 9.59 Å². The van der Waals surface area contributed by atoms with E-state index in [1.807, 2.05) is 0 Å². The van der Waals surface area contributed by atoms with E-state index >= 15 is 0 Å². The van der Waals surface area contributed by atoms with Gasteiger partial charge in [0.05, 0.1) is 26.4 Å². The maximum atomic E-state index is 13.2. The van der Waals surface area contributed by atoms with Gasteiger partial charge in [0.25, 0.3) is 0 Å². The number of aliphatic hydroxyl groups excluding tert-OH is 1. The van der Waals surface area contributed by atoms with Crippen molar-refractivity contribution in [1.82, 2.24) is 0 Å². The third-order valence-electron chi connectivity index (χ3n) is 5.13. The van der Waals surface area contributed by atoms with E-state index in [2.05, 4.69) is 22.5 Å². The van der Waals surface area contributed by atoms with Crippen molar-refractivity contribution < 1.29 is 47.9 Å². The highest BCUT2D eigenvalue weighted by Gasteiger charge is 2.51. The molecule has 1 heterocycles. The Labute approximate surface area is 206 Å². The van der Waals surface area contributed by atoms with Crippen LogP contribution in [-0.4, -0.2) is 74.4 Å². The lowest BCUT2D eigenvalue weighted by molar-refractivity contribution is -0.244. The van der Waals surface area contributed by atoms with E-state index in [0.717, 1.165) is 0 Å². The Kier molecular flexibility index (Phi) is 10.3. The first-order chi connectivity index (χ1) is 16.2. The monoisotopic (exact) mass is 544 g/mol. The highest BCUT2D eigenvalue weighted by atomic mass is 79.9. The summed E-state index contributed by atoms with van der Waals surface area (Å²) in [7, 11) is 2.90. The fourth-order valence-corrected chi connectivity index (χ4v) is 4.17. The Morgan fingerprint density at radius 2 is 1.56 bits per heavy atom. The van der Waals surface area contributed by atoms with Gasteiger partial charge in [-0.15, -0.1) is 6.58 Å². The zero-order valence-electron chi connectivity index (χ0n) is 19.4. The summed E-state index contributed by atoms with van der Waals surface area (Å²) in [5.74, 6) is -1.40. The van der Waals surface area contributed by atoms with Crippen LogP contribution in [0.25, 0.3) is 0 Å². The van der Waals surface area contributed by atoms with Crippen LogP contribution >= 0.6 is 15.9 Å². The average Bonchev–Trinajstić information content (AvgIpc) is 2.80. The number of alkyl halides is 1. The van der Waals surface area contributed by atoms with E-state index in [9.17, 15) is 19.5 Å². The summed E-state index contributed by atoms with van der Waals surface area (Å²) in [4.78, 5) is 36.9. The number of carbonyl (C=O) groups is 3. The number of methoxy groups -OCH3 is 2. The second kappa shape index (κ2) is 12.7. The molecule has 1 aromatic rings. The molecule has 1 aliphatic rings. The van der Waals surface area contributed by atoms with Crippen LogP contribution in [-0.2, 0) is 33.9 Å². The Balaban J connectivity index is 2.48. The molecule has 0 aliphatic carbocycles. The summed E-state index contributed by atoms with van der Waals surface area (Å²) in [5.41, 5.74) is 0.704. The molecule has 0 amide bonds. The molecule has 0 radical (unpaired) electrons. The molecule has 0 spiro atoms. The summed E-state index contributed by atoms with van der Waals surface area (Å²) in [5, 5.41) is 10.3. The van der Waals surface area contributed by atoms with Gasteiger partial charge in [-0.1, -0.05) is 22.0 Å². The van der Waals surface area contributed by atoms with Crippen molar-refractivity contribution in [3.05, 3.63) is 35.9 Å². The number of ether oxygens (including phenoxy) is 6. The lowest BCUT2D eigenvalue weighted by atomic mass is 9.92. The molecule has 0 aromatic heterocycles. The maximum absolute atomic E-state index is 13.2. The zero-order chi connectivity index (χ0) is 25.4. The van der Waals surface area contributed by atoms with Crippen molar-refractivity contribution in [2.75, 3.05) is 20.8 Å². The van der Waals surface area contributed by atoms with E-state index in [0.29, 0.717) is 22.4 Å². The Morgan fingerprint density at radius 1 is 1.00 bits per heavy atom. The van der Waals surface area contributed by atoms with Crippen LogP contribution in [0.15, 0.2) is 24.8 Å². The van der Waals surface area contributed by atoms with Crippen molar-refractivity contribution in [2.24, 2.45) is 0 Å². The van der Waals surface area contributed by atoms with Gasteiger partial charge in [0, 0.05) is 19.2 Å². The lowest BCUT2D eigenvalue weighted by Crippen LogP contribution is -2.62. The lowest BCUT2D eigenvalue weighted by Gasteiger charge is -2.44. The molecule has 0 saturated carbocycles. The number of hydrogen-bond donors (Lipinski definition) is 1. The molecule has 34 heavy (non-hydrogen) atoms. The number of rotatable bonds is 10. The summed E-state index contributed by atoms with van der Waals surface area (Å²) in [6.45, 7) is 5.48. The average molecular weight is 545 g/mol. The maximum Gasteiger partial charge on any atom is 0.339 e. The first-order valence-electron chi connectivity index (χ1n) is 10.4. The first-order valence-corrected chi connectivity index (χ1v) is 11.6. The molecule has 0 bridgehead atoms. The van der Waals surface area contributed by atoms with Crippen LogP contribution in [0.2, 0.25) is 0 Å². The molecule has 188 valence electrons. The summed E-state index contributed by atoms with van der Waals surface area (Å²) < 4.78 is 33.0. The highest BCUT2D eigenvalue weighted by Crippen LogP contribution is 2.34. The molecule has 1 saturated heterocycles. The van der Waals surface area contributed by atoms with Gasteiger partial charge in [-0.2, -0.15) is 0 Å². The Hall–Kier alpha value is -2.63. The van der Waals surface area contributed by atoms with Crippen LogP contribution in [0.1, 0.15) is 36.2 Å². The smallest absolute Gasteiger partial charge is 0.339 e. The number of halogens is 1. The number of carbonyl (C=O) groups excluding carboxylic acids is 3. The van der Waals surface area contributed by atoms with Crippen LogP contribution in [0.5, 0.6) is 11.5 Å². The molecule has 5 atom stereocenters. The van der Waals surface area contributed by atoms with Gasteiger partial charge >= 0.3 is 17.9 Å². The van der Waals surface area contributed by atoms with Gasteiger partial charge in [-0.05, 0) is 24.1 Å². The Bertz CT molecular complexity index is 902. The van der Waals surface area contributed by atoms with Crippen LogP contribution in [0.3, 0.4) is 0 Å². The highest BCUT2D eigenvalue weighted by molar-refractivity contribution is 9.08. The predicted molar refractivity (Wildman–Crippen MR) is 123 cm³/mol. The third kappa shape index (κ3) is 6.49. The summed E-state index contributed by atoms with van der Waals surface area (Å²) >= 11 is 3.34. The molecule has 1 N–H and O–H groups in total. The SMILES string of the molecule is C=CC[C@H]1O[C@H](CO)[C@@H](OC(=O)c2cc(OC)c(OC)cc2CBr)[C@H](OC(C)=O)[C@H]1OC(C)=O. The third-order valence-corrected chi connectivity index (χ3v) is 5.73. The van der Waals surface area contributed by atoms with Crippen molar-refractivity contribution >= 4 is 33.8 Å². The topological polar surface area (TPSA) is 127 Å². The van der Waals surface area contributed by atoms with Crippen molar-refractivity contribution in [3.8, 4) is 11.5 Å². The van der Waals surface area contributed by atoms with Crippen LogP contribution < -0.4 is 9.47 Å². The molecule has 1 fully saturated rings. The first kappa shape index (κ1) is 27.6. The number of benzene rings is 1. The normalized spacial score (nSPS) is 24.0. The van der Waals surface area contributed by atoms with E-state index in [-0.39, 0.29) is 12.0 Å². The summed E-state index contributed by atoms with van der Waals surface area (Å²) in [6.07, 6.45) is -3.66. The van der Waals surface area contributed by atoms with Gasteiger partial charge in [0.15, 0.2) is 29.8 Å². The summed E-state index contributed by atoms with van der Waals surface area (Å²) in [6, 6.07) is 3.08. The van der Waals surface area contributed by atoms with E-state index in [4.69, 9.17) is 28.4 Å². The molecule has 10 nitrogen and oxygen atoms in total. The number of esters is 3. The predicted octanol–water partition coefficient (Wildman–Crippen LogP) is 2.32. The van der Waals surface area contributed by atoms with Crippen molar-refractivity contribution in [3.63, 3.8) is 0 Å². The van der Waals surface area contributed by atoms with Crippen LogP contribution in [0, 0.1) is 0 Å². The number of aliphatic hydroxyl groups is 1. The molecule has 0 unspecified atom stereocenters. The molecular weight excluding hydrogens is 516 g/mol. The molecular formula is C23H29BrO10.